The molecule has 2 aromatic rings. The number of aromatic amines is 1. The molecule has 1 unspecified atom stereocenters. The van der Waals surface area contributed by atoms with Crippen molar-refractivity contribution < 1.29 is 9.53 Å². The van der Waals surface area contributed by atoms with Crippen molar-refractivity contribution in [3.05, 3.63) is 41.7 Å². The van der Waals surface area contributed by atoms with Gasteiger partial charge in [0.2, 0.25) is 0 Å². The molecule has 2 N–H and O–H groups in total. The highest BCUT2D eigenvalue weighted by molar-refractivity contribution is 5.89. The Morgan fingerprint density at radius 2 is 2.40 bits per heavy atom. The molecule has 0 saturated carbocycles. The van der Waals surface area contributed by atoms with Gasteiger partial charge in [-0.15, -0.1) is 0 Å². The fraction of sp³-hybridized carbons (Fsp3) is 0.389. The first-order valence-electron chi connectivity index (χ1n) is 8.43. The zero-order valence-electron chi connectivity index (χ0n) is 14.2. The van der Waals surface area contributed by atoms with Gasteiger partial charge in [0, 0.05) is 36.6 Å². The van der Waals surface area contributed by atoms with Crippen LogP contribution in [0.4, 0.5) is 10.5 Å². The highest BCUT2D eigenvalue weighted by Crippen LogP contribution is 2.26. The van der Waals surface area contributed by atoms with Crippen LogP contribution in [0.15, 0.2) is 30.5 Å². The molecule has 1 aromatic carbocycles. The largest absolute Gasteiger partial charge is 0.492 e. The van der Waals surface area contributed by atoms with E-state index in [-0.39, 0.29) is 11.9 Å². The van der Waals surface area contributed by atoms with Crippen molar-refractivity contribution in [3.63, 3.8) is 0 Å². The number of nitrogens with zero attached hydrogens (tertiary/aromatic N) is 3. The van der Waals surface area contributed by atoms with Crippen LogP contribution in [-0.2, 0) is 0 Å². The van der Waals surface area contributed by atoms with Gasteiger partial charge in [0.05, 0.1) is 12.2 Å². The SMILES string of the molecule is CCOc1ccc(NC(=O)N2CCCC(c3ccn[nH]3)C2)cc1C#N. The van der Waals surface area contributed by atoms with Crippen LogP contribution >= 0.6 is 0 Å². The van der Waals surface area contributed by atoms with Gasteiger partial charge in [0.1, 0.15) is 11.8 Å². The first-order valence-corrected chi connectivity index (χ1v) is 8.43. The molecule has 3 rings (SSSR count). The monoisotopic (exact) mass is 339 g/mol. The van der Waals surface area contributed by atoms with Crippen LogP contribution < -0.4 is 10.1 Å². The fourth-order valence-corrected chi connectivity index (χ4v) is 3.09. The normalized spacial score (nSPS) is 17.0. The zero-order chi connectivity index (χ0) is 17.6. The van der Waals surface area contributed by atoms with E-state index in [4.69, 9.17) is 4.74 Å². The van der Waals surface area contributed by atoms with Gasteiger partial charge in [-0.05, 0) is 44.0 Å². The minimum atomic E-state index is -0.155. The minimum Gasteiger partial charge on any atom is -0.492 e. The second kappa shape index (κ2) is 7.71. The molecule has 1 saturated heterocycles. The Labute approximate surface area is 146 Å². The first-order chi connectivity index (χ1) is 12.2. The lowest BCUT2D eigenvalue weighted by atomic mass is 9.95. The summed E-state index contributed by atoms with van der Waals surface area (Å²) in [5.74, 6) is 0.803. The van der Waals surface area contributed by atoms with Crippen LogP contribution in [0.3, 0.4) is 0 Å². The van der Waals surface area contributed by atoms with Gasteiger partial charge in [0.15, 0.2) is 0 Å². The van der Waals surface area contributed by atoms with E-state index in [0.717, 1.165) is 25.1 Å². The predicted molar refractivity (Wildman–Crippen MR) is 93.5 cm³/mol. The smallest absolute Gasteiger partial charge is 0.321 e. The van der Waals surface area contributed by atoms with E-state index in [9.17, 15) is 10.1 Å². The van der Waals surface area contributed by atoms with Crippen molar-refractivity contribution in [3.8, 4) is 11.8 Å². The Hall–Kier alpha value is -3.01. The van der Waals surface area contributed by atoms with Gasteiger partial charge in [-0.2, -0.15) is 10.4 Å². The molecule has 25 heavy (non-hydrogen) atoms. The first kappa shape index (κ1) is 16.8. The molecule has 0 aliphatic carbocycles. The van der Waals surface area contributed by atoms with E-state index in [0.29, 0.717) is 30.2 Å². The quantitative estimate of drug-likeness (QED) is 0.895. The van der Waals surface area contributed by atoms with Crippen LogP contribution in [0.2, 0.25) is 0 Å². The lowest BCUT2D eigenvalue weighted by Gasteiger charge is -2.32. The van der Waals surface area contributed by atoms with Crippen LogP contribution in [-0.4, -0.2) is 40.8 Å². The van der Waals surface area contributed by atoms with E-state index >= 15 is 0 Å². The molecule has 1 aliphatic heterocycles. The second-order valence-corrected chi connectivity index (χ2v) is 5.98. The zero-order valence-corrected chi connectivity index (χ0v) is 14.2. The van der Waals surface area contributed by atoms with Crippen LogP contribution in [0, 0.1) is 11.3 Å². The van der Waals surface area contributed by atoms with Crippen LogP contribution in [0.1, 0.15) is 36.9 Å². The molecule has 7 heteroatoms. The molecule has 130 valence electrons. The number of H-pyrrole nitrogens is 1. The number of aromatic nitrogens is 2. The fourth-order valence-electron chi connectivity index (χ4n) is 3.09. The summed E-state index contributed by atoms with van der Waals surface area (Å²) in [7, 11) is 0. The van der Waals surface area contributed by atoms with E-state index in [1.807, 2.05) is 13.0 Å². The lowest BCUT2D eigenvalue weighted by Crippen LogP contribution is -2.41. The van der Waals surface area contributed by atoms with Gasteiger partial charge in [0.25, 0.3) is 0 Å². The number of benzene rings is 1. The van der Waals surface area contributed by atoms with Crippen molar-refractivity contribution in [2.45, 2.75) is 25.7 Å². The number of hydrogen-bond donors (Lipinski definition) is 2. The summed E-state index contributed by atoms with van der Waals surface area (Å²) in [4.78, 5) is 14.4. The summed E-state index contributed by atoms with van der Waals surface area (Å²) in [6.07, 6.45) is 3.72. The highest BCUT2D eigenvalue weighted by Gasteiger charge is 2.25. The molecule has 0 bridgehead atoms. The number of amides is 2. The summed E-state index contributed by atoms with van der Waals surface area (Å²) in [6, 6.07) is 9.00. The molecule has 1 aromatic heterocycles. The maximum Gasteiger partial charge on any atom is 0.321 e. The number of urea groups is 1. The third-order valence-corrected chi connectivity index (χ3v) is 4.32. The number of anilines is 1. The summed E-state index contributed by atoms with van der Waals surface area (Å²) in [5.41, 5.74) is 2.06. The molecule has 1 atom stereocenters. The van der Waals surface area contributed by atoms with E-state index in [1.54, 1.807) is 29.3 Å². The predicted octanol–water partition coefficient (Wildman–Crippen LogP) is 3.09. The summed E-state index contributed by atoms with van der Waals surface area (Å²) in [5, 5.41) is 19.1. The second-order valence-electron chi connectivity index (χ2n) is 5.98. The topological polar surface area (TPSA) is 94.0 Å². The third-order valence-electron chi connectivity index (χ3n) is 4.32. The highest BCUT2D eigenvalue weighted by atomic mass is 16.5. The molecule has 0 radical (unpaired) electrons. The van der Waals surface area contributed by atoms with E-state index in [1.165, 1.54) is 0 Å². The molecular formula is C18H21N5O2. The summed E-state index contributed by atoms with van der Waals surface area (Å²) >= 11 is 0. The average molecular weight is 339 g/mol. The Kier molecular flexibility index (Phi) is 5.19. The molecule has 1 fully saturated rings. The number of piperidine rings is 1. The number of ether oxygens (including phenoxy) is 1. The number of hydrogen-bond acceptors (Lipinski definition) is 4. The number of carbonyl (C=O) groups is 1. The van der Waals surface area contributed by atoms with Crippen LogP contribution in [0.25, 0.3) is 0 Å². The van der Waals surface area contributed by atoms with Crippen molar-refractivity contribution in [2.75, 3.05) is 25.0 Å². The summed E-state index contributed by atoms with van der Waals surface area (Å²) in [6.45, 7) is 3.72. The van der Waals surface area contributed by atoms with Gasteiger partial charge in [-0.1, -0.05) is 0 Å². The number of rotatable bonds is 4. The Balaban J connectivity index is 1.66. The molecule has 0 spiro atoms. The molecule has 7 nitrogen and oxygen atoms in total. The third kappa shape index (κ3) is 3.91. The van der Waals surface area contributed by atoms with Gasteiger partial charge in [-0.3, -0.25) is 5.10 Å². The molecule has 2 amide bonds. The van der Waals surface area contributed by atoms with Crippen LogP contribution in [0.5, 0.6) is 5.75 Å². The van der Waals surface area contributed by atoms with Crippen molar-refractivity contribution in [1.29, 1.82) is 5.26 Å². The van der Waals surface area contributed by atoms with Crippen molar-refractivity contribution in [2.24, 2.45) is 0 Å². The molecule has 2 heterocycles. The lowest BCUT2D eigenvalue weighted by molar-refractivity contribution is 0.192. The van der Waals surface area contributed by atoms with Gasteiger partial charge in [-0.25, -0.2) is 4.79 Å². The molecular weight excluding hydrogens is 318 g/mol. The average Bonchev–Trinajstić information content (AvgIpc) is 3.18. The van der Waals surface area contributed by atoms with Crippen molar-refractivity contribution >= 4 is 11.7 Å². The van der Waals surface area contributed by atoms with E-state index < -0.39 is 0 Å². The molecule has 1 aliphatic rings. The maximum atomic E-state index is 12.6. The number of likely N-dealkylation sites (tertiary alicyclic amines) is 1. The van der Waals surface area contributed by atoms with E-state index in [2.05, 4.69) is 21.6 Å². The van der Waals surface area contributed by atoms with Gasteiger partial charge < -0.3 is 15.0 Å². The van der Waals surface area contributed by atoms with Gasteiger partial charge >= 0.3 is 6.03 Å². The summed E-state index contributed by atoms with van der Waals surface area (Å²) < 4.78 is 5.40. The number of nitriles is 1. The minimum absolute atomic E-state index is 0.155. The Morgan fingerprint density at radius 1 is 1.52 bits per heavy atom. The maximum absolute atomic E-state index is 12.6. The Morgan fingerprint density at radius 3 is 3.12 bits per heavy atom. The van der Waals surface area contributed by atoms with Crippen molar-refractivity contribution in [1.82, 2.24) is 15.1 Å². The Bertz CT molecular complexity index is 766. The number of nitrogens with one attached hydrogen (secondary N) is 2. The number of carbonyl (C=O) groups excluding carboxylic acids is 1. The standard InChI is InChI=1S/C18H21N5O2/c1-2-25-17-6-5-15(10-14(17)11-19)21-18(24)23-9-3-4-13(12-23)16-7-8-20-22-16/h5-8,10,13H,2-4,9,12H2,1H3,(H,20,22)(H,21,24).